The number of amides is 1. The topological polar surface area (TPSA) is 53.0 Å². The molecule has 7 heteroatoms. The molecule has 1 amide bonds. The number of aliphatic hydroxyl groups excluding tert-OH is 1. The molecule has 0 aromatic heterocycles. The van der Waals surface area contributed by atoms with Gasteiger partial charge >= 0.3 is 0 Å². The normalized spacial score (nSPS) is 17.5. The van der Waals surface area contributed by atoms with Crippen LogP contribution in [-0.4, -0.2) is 67.3 Å². The van der Waals surface area contributed by atoms with Gasteiger partial charge in [0.25, 0.3) is 0 Å². The Morgan fingerprint density at radius 1 is 1.32 bits per heavy atom. The monoisotopic (exact) mass is 314 g/mol. The molecule has 1 aromatic rings. The van der Waals surface area contributed by atoms with E-state index in [1.165, 1.54) is 7.11 Å². The van der Waals surface area contributed by atoms with Crippen molar-refractivity contribution in [2.45, 2.75) is 6.10 Å². The van der Waals surface area contributed by atoms with E-state index < -0.39 is 17.7 Å². The lowest BCUT2D eigenvalue weighted by atomic mass is 10.1. The van der Waals surface area contributed by atoms with Crippen LogP contribution in [0.1, 0.15) is 11.7 Å². The van der Waals surface area contributed by atoms with Gasteiger partial charge in [-0.25, -0.2) is 8.78 Å². The van der Waals surface area contributed by atoms with Gasteiger partial charge in [-0.3, -0.25) is 9.69 Å². The van der Waals surface area contributed by atoms with Crippen LogP contribution in [0.3, 0.4) is 0 Å². The Hall–Kier alpha value is -1.57. The van der Waals surface area contributed by atoms with E-state index >= 15 is 0 Å². The average Bonchev–Trinajstić information content (AvgIpc) is 2.50. The summed E-state index contributed by atoms with van der Waals surface area (Å²) in [6.45, 7) is 2.46. The Morgan fingerprint density at radius 3 is 2.64 bits per heavy atom. The minimum atomic E-state index is -1.10. The van der Waals surface area contributed by atoms with E-state index in [4.69, 9.17) is 4.74 Å². The lowest BCUT2D eigenvalue weighted by molar-refractivity contribution is -0.137. The van der Waals surface area contributed by atoms with Crippen molar-refractivity contribution in [3.05, 3.63) is 35.4 Å². The minimum absolute atomic E-state index is 0.0436. The molecule has 0 saturated carbocycles. The van der Waals surface area contributed by atoms with Gasteiger partial charge in [0.05, 0.1) is 6.10 Å². The molecule has 2 rings (SSSR count). The van der Waals surface area contributed by atoms with Crippen LogP contribution in [0.5, 0.6) is 0 Å². The first-order valence-corrected chi connectivity index (χ1v) is 7.13. The molecule has 1 fully saturated rings. The predicted molar refractivity (Wildman–Crippen MR) is 76.2 cm³/mol. The van der Waals surface area contributed by atoms with E-state index in [0.29, 0.717) is 26.2 Å². The van der Waals surface area contributed by atoms with Crippen molar-refractivity contribution in [1.82, 2.24) is 9.80 Å². The molecule has 5 nitrogen and oxygen atoms in total. The maximum Gasteiger partial charge on any atom is 0.248 e. The molecule has 0 bridgehead atoms. The lowest BCUT2D eigenvalue weighted by Gasteiger charge is -2.35. The average molecular weight is 314 g/mol. The van der Waals surface area contributed by atoms with Crippen molar-refractivity contribution >= 4 is 5.91 Å². The highest BCUT2D eigenvalue weighted by molar-refractivity contribution is 5.77. The van der Waals surface area contributed by atoms with Crippen molar-refractivity contribution in [2.24, 2.45) is 0 Å². The summed E-state index contributed by atoms with van der Waals surface area (Å²) >= 11 is 0. The Kier molecular flexibility index (Phi) is 5.82. The number of β-amino-alcohol motifs (C(OH)–C–C–N with tert-alkyl or cyclic N) is 1. The zero-order valence-electron chi connectivity index (χ0n) is 12.5. The van der Waals surface area contributed by atoms with Gasteiger partial charge < -0.3 is 14.7 Å². The highest BCUT2D eigenvalue weighted by Gasteiger charge is 2.23. The first-order chi connectivity index (χ1) is 10.5. The van der Waals surface area contributed by atoms with Gasteiger partial charge in [0.1, 0.15) is 18.2 Å². The summed E-state index contributed by atoms with van der Waals surface area (Å²) in [5, 5.41) is 10.1. The Labute approximate surface area is 128 Å². The summed E-state index contributed by atoms with van der Waals surface area (Å²) in [4.78, 5) is 15.3. The van der Waals surface area contributed by atoms with Gasteiger partial charge in [0, 0.05) is 45.4 Å². The van der Waals surface area contributed by atoms with E-state index in [1.54, 1.807) is 4.90 Å². The van der Waals surface area contributed by atoms with Crippen LogP contribution in [0.25, 0.3) is 0 Å². The summed E-state index contributed by atoms with van der Waals surface area (Å²) in [6, 6.07) is 3.04. The Bertz CT molecular complexity index is 520. The van der Waals surface area contributed by atoms with E-state index in [0.717, 1.165) is 18.2 Å². The number of carbonyl (C=O) groups excluding carboxylic acids is 1. The van der Waals surface area contributed by atoms with Crippen molar-refractivity contribution in [1.29, 1.82) is 0 Å². The highest BCUT2D eigenvalue weighted by atomic mass is 19.1. The first-order valence-electron chi connectivity index (χ1n) is 7.13. The summed E-state index contributed by atoms with van der Waals surface area (Å²) < 4.78 is 31.6. The number of piperazine rings is 1. The van der Waals surface area contributed by atoms with E-state index in [2.05, 4.69) is 0 Å². The number of rotatable bonds is 5. The number of halogens is 2. The second-order valence-electron chi connectivity index (χ2n) is 5.30. The number of carbonyl (C=O) groups is 1. The van der Waals surface area contributed by atoms with Crippen LogP contribution < -0.4 is 0 Å². The van der Waals surface area contributed by atoms with Crippen LogP contribution in [0.4, 0.5) is 8.78 Å². The summed E-state index contributed by atoms with van der Waals surface area (Å²) in [6.07, 6.45) is -1.10. The minimum Gasteiger partial charge on any atom is -0.387 e. The summed E-state index contributed by atoms with van der Waals surface area (Å²) in [7, 11) is 1.47. The van der Waals surface area contributed by atoms with Crippen LogP contribution in [0.15, 0.2) is 18.2 Å². The number of ether oxygens (including phenoxy) is 1. The highest BCUT2D eigenvalue weighted by Crippen LogP contribution is 2.20. The first kappa shape index (κ1) is 16.8. The molecular formula is C15H20F2N2O3. The zero-order valence-corrected chi connectivity index (χ0v) is 12.5. The maximum absolute atomic E-state index is 13.6. The fourth-order valence-electron chi connectivity index (χ4n) is 2.51. The smallest absolute Gasteiger partial charge is 0.248 e. The van der Waals surface area contributed by atoms with Crippen molar-refractivity contribution in [3.8, 4) is 0 Å². The second-order valence-corrected chi connectivity index (χ2v) is 5.30. The van der Waals surface area contributed by atoms with Gasteiger partial charge in [-0.2, -0.15) is 0 Å². The molecule has 1 aromatic carbocycles. The molecule has 1 unspecified atom stereocenters. The van der Waals surface area contributed by atoms with Crippen LogP contribution in [-0.2, 0) is 9.53 Å². The van der Waals surface area contributed by atoms with E-state index in [1.807, 2.05) is 4.90 Å². The van der Waals surface area contributed by atoms with E-state index in [9.17, 15) is 18.7 Å². The van der Waals surface area contributed by atoms with Gasteiger partial charge in [-0.05, 0) is 18.2 Å². The van der Waals surface area contributed by atoms with Crippen LogP contribution >= 0.6 is 0 Å². The third-order valence-electron chi connectivity index (χ3n) is 3.74. The number of benzene rings is 1. The standard InChI is InChI=1S/C15H20F2N2O3/c1-22-10-15(21)19-6-4-18(5-7-19)9-14(20)12-8-11(16)2-3-13(12)17/h2-3,8,14,20H,4-7,9-10H2,1H3. The van der Waals surface area contributed by atoms with Gasteiger partial charge in [-0.15, -0.1) is 0 Å². The largest absolute Gasteiger partial charge is 0.387 e. The van der Waals surface area contributed by atoms with Crippen molar-refractivity contribution in [2.75, 3.05) is 46.4 Å². The maximum atomic E-state index is 13.6. The molecule has 1 aliphatic rings. The molecule has 0 aliphatic carbocycles. The van der Waals surface area contributed by atoms with Gasteiger partial charge in [0.2, 0.25) is 5.91 Å². The third-order valence-corrected chi connectivity index (χ3v) is 3.74. The van der Waals surface area contributed by atoms with Gasteiger partial charge in [0.15, 0.2) is 0 Å². The molecule has 1 heterocycles. The zero-order chi connectivity index (χ0) is 16.1. The van der Waals surface area contributed by atoms with Crippen LogP contribution in [0.2, 0.25) is 0 Å². The quantitative estimate of drug-likeness (QED) is 0.873. The number of hydrogen-bond donors (Lipinski definition) is 1. The van der Waals surface area contributed by atoms with E-state index in [-0.39, 0.29) is 24.6 Å². The van der Waals surface area contributed by atoms with Gasteiger partial charge in [-0.1, -0.05) is 0 Å². The third kappa shape index (κ3) is 4.22. The number of hydrogen-bond acceptors (Lipinski definition) is 4. The molecule has 1 atom stereocenters. The Balaban J connectivity index is 1.88. The fourth-order valence-corrected chi connectivity index (χ4v) is 2.51. The van der Waals surface area contributed by atoms with Crippen LogP contribution in [0, 0.1) is 11.6 Å². The number of methoxy groups -OCH3 is 1. The molecule has 122 valence electrons. The lowest BCUT2D eigenvalue weighted by Crippen LogP contribution is -2.50. The number of nitrogens with zero attached hydrogens (tertiary/aromatic N) is 2. The predicted octanol–water partition coefficient (Wildman–Crippen LogP) is 0.789. The number of aliphatic hydroxyl groups is 1. The second kappa shape index (κ2) is 7.62. The summed E-state index contributed by atoms with van der Waals surface area (Å²) in [5.41, 5.74) is -0.0436. The summed E-state index contributed by atoms with van der Waals surface area (Å²) in [5.74, 6) is -1.27. The van der Waals surface area contributed by atoms with Crippen molar-refractivity contribution < 1.29 is 23.4 Å². The molecular weight excluding hydrogens is 294 g/mol. The molecule has 0 spiro atoms. The molecule has 1 saturated heterocycles. The SMILES string of the molecule is COCC(=O)N1CCN(CC(O)c2cc(F)ccc2F)CC1. The molecule has 0 radical (unpaired) electrons. The molecule has 22 heavy (non-hydrogen) atoms. The Morgan fingerprint density at radius 2 is 2.00 bits per heavy atom. The molecule has 1 N–H and O–H groups in total. The molecule has 1 aliphatic heterocycles. The van der Waals surface area contributed by atoms with Crippen molar-refractivity contribution in [3.63, 3.8) is 0 Å². The fraction of sp³-hybridized carbons (Fsp3) is 0.533.